The summed E-state index contributed by atoms with van der Waals surface area (Å²) in [5.74, 6) is 0. The van der Waals surface area contributed by atoms with Crippen LogP contribution in [0.15, 0.2) is 72.5 Å². The average molecular weight is 477 g/mol. The number of hydrogen-bond donors (Lipinski definition) is 2. The molecule has 0 amide bonds. The molecule has 1 aliphatic heterocycles. The molecule has 6 aromatic rings. The van der Waals surface area contributed by atoms with Crippen LogP contribution >= 0.6 is 11.3 Å². The Morgan fingerprint density at radius 3 is 2.69 bits per heavy atom. The van der Waals surface area contributed by atoms with Crippen LogP contribution in [0.2, 0.25) is 0 Å². The van der Waals surface area contributed by atoms with Crippen LogP contribution in [0.4, 0.5) is 0 Å². The molecule has 0 aliphatic carbocycles. The molecular formula is C28H24N6S. The molecule has 35 heavy (non-hydrogen) atoms. The zero-order valence-electron chi connectivity index (χ0n) is 19.2. The molecule has 1 saturated heterocycles. The van der Waals surface area contributed by atoms with Gasteiger partial charge < -0.3 is 4.98 Å². The molecule has 172 valence electrons. The van der Waals surface area contributed by atoms with E-state index >= 15 is 0 Å². The lowest BCUT2D eigenvalue weighted by Crippen LogP contribution is -2.18. The Morgan fingerprint density at radius 2 is 1.80 bits per heavy atom. The molecule has 1 aromatic carbocycles. The van der Waals surface area contributed by atoms with Gasteiger partial charge in [-0.3, -0.25) is 20.0 Å². The van der Waals surface area contributed by atoms with Gasteiger partial charge in [0, 0.05) is 47.0 Å². The highest BCUT2D eigenvalue weighted by Gasteiger charge is 2.16. The molecule has 6 heterocycles. The van der Waals surface area contributed by atoms with Gasteiger partial charge in [-0.2, -0.15) is 5.10 Å². The van der Waals surface area contributed by atoms with Crippen molar-refractivity contribution >= 4 is 33.1 Å². The fourth-order valence-electron chi connectivity index (χ4n) is 5.12. The zero-order chi connectivity index (χ0) is 23.2. The van der Waals surface area contributed by atoms with Gasteiger partial charge in [0.05, 0.1) is 21.8 Å². The molecule has 0 saturated carbocycles. The van der Waals surface area contributed by atoms with E-state index in [-0.39, 0.29) is 0 Å². The van der Waals surface area contributed by atoms with E-state index in [1.165, 1.54) is 31.5 Å². The number of rotatable bonds is 5. The predicted octanol–water partition coefficient (Wildman–Crippen LogP) is 6.49. The zero-order valence-corrected chi connectivity index (χ0v) is 20.0. The molecule has 0 radical (unpaired) electrons. The standard InChI is InChI=1S/C28H24N6S/c1-2-10-34(9-1)17-18-12-20(16-29-15-18)19-5-6-24-21(13-19)27(33-32-24)25-14-22-23(31-25)7-8-30-28(22)26-4-3-11-35-26/h3-8,11-16,31H,1-2,9-10,17H2,(H,32,33). The summed E-state index contributed by atoms with van der Waals surface area (Å²) in [5, 5.41) is 12.2. The van der Waals surface area contributed by atoms with Crippen molar-refractivity contribution in [3.05, 3.63) is 78.1 Å². The number of hydrogen-bond acceptors (Lipinski definition) is 5. The number of benzene rings is 1. The summed E-state index contributed by atoms with van der Waals surface area (Å²) in [6.45, 7) is 3.33. The molecule has 7 rings (SSSR count). The van der Waals surface area contributed by atoms with Crippen molar-refractivity contribution in [2.75, 3.05) is 13.1 Å². The molecule has 6 nitrogen and oxygen atoms in total. The minimum absolute atomic E-state index is 0.913. The van der Waals surface area contributed by atoms with Crippen molar-refractivity contribution in [3.63, 3.8) is 0 Å². The summed E-state index contributed by atoms with van der Waals surface area (Å²) in [7, 11) is 0. The van der Waals surface area contributed by atoms with Gasteiger partial charge in [-0.15, -0.1) is 11.3 Å². The smallest absolute Gasteiger partial charge is 0.116 e. The van der Waals surface area contributed by atoms with Gasteiger partial charge in [-0.25, -0.2) is 0 Å². The predicted molar refractivity (Wildman–Crippen MR) is 142 cm³/mol. The van der Waals surface area contributed by atoms with Crippen molar-refractivity contribution in [2.24, 2.45) is 0 Å². The first-order chi connectivity index (χ1) is 17.3. The maximum atomic E-state index is 4.68. The van der Waals surface area contributed by atoms with Crippen molar-refractivity contribution in [1.82, 2.24) is 30.0 Å². The molecule has 5 aromatic heterocycles. The quantitative estimate of drug-likeness (QED) is 0.298. The van der Waals surface area contributed by atoms with Crippen LogP contribution in [-0.2, 0) is 6.54 Å². The van der Waals surface area contributed by atoms with E-state index in [1.807, 2.05) is 24.7 Å². The number of aromatic nitrogens is 5. The molecule has 1 fully saturated rings. The molecule has 7 heteroatoms. The first-order valence-corrected chi connectivity index (χ1v) is 12.9. The number of pyridine rings is 2. The summed E-state index contributed by atoms with van der Waals surface area (Å²) >= 11 is 1.70. The van der Waals surface area contributed by atoms with Crippen molar-refractivity contribution in [2.45, 2.75) is 19.4 Å². The molecular weight excluding hydrogens is 452 g/mol. The maximum absolute atomic E-state index is 4.68. The van der Waals surface area contributed by atoms with Crippen LogP contribution in [0.3, 0.4) is 0 Å². The third-order valence-corrected chi connectivity index (χ3v) is 7.73. The second kappa shape index (κ2) is 8.45. The van der Waals surface area contributed by atoms with Gasteiger partial charge in [0.1, 0.15) is 5.69 Å². The summed E-state index contributed by atoms with van der Waals surface area (Å²) in [5.41, 5.74) is 8.52. The van der Waals surface area contributed by atoms with Gasteiger partial charge in [-0.05, 0) is 78.8 Å². The van der Waals surface area contributed by atoms with Gasteiger partial charge in [-0.1, -0.05) is 12.1 Å². The molecule has 2 N–H and O–H groups in total. The van der Waals surface area contributed by atoms with E-state index in [4.69, 9.17) is 0 Å². The Hall–Kier alpha value is -3.81. The summed E-state index contributed by atoms with van der Waals surface area (Å²) in [4.78, 5) is 16.4. The van der Waals surface area contributed by atoms with Crippen LogP contribution in [-0.4, -0.2) is 43.1 Å². The molecule has 1 aliphatic rings. The third-order valence-electron chi connectivity index (χ3n) is 6.85. The van der Waals surface area contributed by atoms with Crippen LogP contribution in [0.5, 0.6) is 0 Å². The second-order valence-electron chi connectivity index (χ2n) is 9.18. The lowest BCUT2D eigenvalue weighted by atomic mass is 10.0. The molecule has 0 bridgehead atoms. The van der Waals surface area contributed by atoms with E-state index < -0.39 is 0 Å². The Morgan fingerprint density at radius 1 is 0.886 bits per heavy atom. The van der Waals surface area contributed by atoms with Crippen molar-refractivity contribution in [1.29, 1.82) is 0 Å². The minimum Gasteiger partial charge on any atom is -0.353 e. The average Bonchev–Trinajstić information content (AvgIpc) is 3.70. The van der Waals surface area contributed by atoms with E-state index in [9.17, 15) is 0 Å². The SMILES string of the molecule is c1csc(-c2nccc3[nH]c(-c4n[nH]c5ccc(-c6cncc(CN7CCCC7)c6)cc45)cc23)c1. The lowest BCUT2D eigenvalue weighted by Gasteiger charge is -2.14. The topological polar surface area (TPSA) is 73.5 Å². The van der Waals surface area contributed by atoms with Crippen molar-refractivity contribution in [3.8, 4) is 33.1 Å². The Kier molecular flexibility index (Phi) is 4.96. The number of thiophene rings is 1. The highest BCUT2D eigenvalue weighted by molar-refractivity contribution is 7.13. The van der Waals surface area contributed by atoms with E-state index in [2.05, 4.69) is 77.9 Å². The fraction of sp³-hybridized carbons (Fsp3) is 0.179. The Bertz CT molecular complexity index is 1640. The number of nitrogens with one attached hydrogen (secondary N) is 2. The first-order valence-electron chi connectivity index (χ1n) is 12.0. The first kappa shape index (κ1) is 20.6. The Labute approximate surface area is 206 Å². The number of H-pyrrole nitrogens is 2. The molecule has 0 spiro atoms. The van der Waals surface area contributed by atoms with Crippen LogP contribution in [0.1, 0.15) is 18.4 Å². The monoisotopic (exact) mass is 476 g/mol. The Balaban J connectivity index is 1.28. The number of fused-ring (bicyclic) bond motifs is 2. The second-order valence-corrected chi connectivity index (χ2v) is 10.1. The summed E-state index contributed by atoms with van der Waals surface area (Å²) in [6.07, 6.45) is 8.40. The van der Waals surface area contributed by atoms with E-state index in [1.54, 1.807) is 11.3 Å². The number of nitrogens with zero attached hydrogens (tertiary/aromatic N) is 4. The van der Waals surface area contributed by atoms with E-state index in [0.717, 1.165) is 61.4 Å². The lowest BCUT2D eigenvalue weighted by molar-refractivity contribution is 0.331. The van der Waals surface area contributed by atoms with Gasteiger partial charge in [0.15, 0.2) is 0 Å². The summed E-state index contributed by atoms with van der Waals surface area (Å²) in [6, 6.07) is 17.1. The van der Waals surface area contributed by atoms with E-state index in [0.29, 0.717) is 0 Å². The number of aromatic amines is 2. The normalized spacial score (nSPS) is 14.4. The van der Waals surface area contributed by atoms with Gasteiger partial charge >= 0.3 is 0 Å². The molecule has 0 atom stereocenters. The van der Waals surface area contributed by atoms with Crippen LogP contribution in [0, 0.1) is 0 Å². The summed E-state index contributed by atoms with van der Waals surface area (Å²) < 4.78 is 0. The van der Waals surface area contributed by atoms with Crippen molar-refractivity contribution < 1.29 is 0 Å². The van der Waals surface area contributed by atoms with Crippen LogP contribution in [0.25, 0.3) is 54.9 Å². The highest BCUT2D eigenvalue weighted by Crippen LogP contribution is 2.35. The third kappa shape index (κ3) is 3.73. The maximum Gasteiger partial charge on any atom is 0.116 e. The minimum atomic E-state index is 0.913. The largest absolute Gasteiger partial charge is 0.353 e. The highest BCUT2D eigenvalue weighted by atomic mass is 32.1. The van der Waals surface area contributed by atoms with Crippen LogP contribution < -0.4 is 0 Å². The van der Waals surface area contributed by atoms with Gasteiger partial charge in [0.2, 0.25) is 0 Å². The molecule has 0 unspecified atom stereocenters. The number of likely N-dealkylation sites (tertiary alicyclic amines) is 1. The fourth-order valence-corrected chi connectivity index (χ4v) is 5.86. The van der Waals surface area contributed by atoms with Gasteiger partial charge in [0.25, 0.3) is 0 Å².